The number of carbonyl (C=O) groups excluding carboxylic acids is 1. The molecule has 2 fully saturated rings. The number of sulfone groups is 1. The van der Waals surface area contributed by atoms with Crippen molar-refractivity contribution in [3.05, 3.63) is 0 Å². The molecule has 0 aromatic heterocycles. The second-order valence-electron chi connectivity index (χ2n) is 7.11. The van der Waals surface area contributed by atoms with Gasteiger partial charge >= 0.3 is 5.97 Å². The van der Waals surface area contributed by atoms with Gasteiger partial charge in [0.2, 0.25) is 5.91 Å². The zero-order chi connectivity index (χ0) is 16.6. The molecule has 22 heavy (non-hydrogen) atoms. The van der Waals surface area contributed by atoms with E-state index in [1.54, 1.807) is 13.8 Å². The summed E-state index contributed by atoms with van der Waals surface area (Å²) in [5.74, 6) is -1.56. The minimum atomic E-state index is -3.25. The molecular weight excluding hydrogens is 306 g/mol. The van der Waals surface area contributed by atoms with Gasteiger partial charge in [-0.2, -0.15) is 0 Å². The molecule has 0 aromatic rings. The third kappa shape index (κ3) is 2.87. The van der Waals surface area contributed by atoms with E-state index in [0.29, 0.717) is 12.8 Å². The summed E-state index contributed by atoms with van der Waals surface area (Å²) in [6.45, 7) is 3.37. The topological polar surface area (TPSA) is 91.8 Å². The molecular formula is C15H25NO5S. The van der Waals surface area contributed by atoms with Crippen molar-refractivity contribution >= 4 is 21.7 Å². The van der Waals surface area contributed by atoms with E-state index in [1.165, 1.54) is 4.90 Å². The summed E-state index contributed by atoms with van der Waals surface area (Å²) in [6.07, 6.45) is 4.06. The van der Waals surface area contributed by atoms with Crippen LogP contribution in [0.15, 0.2) is 0 Å². The van der Waals surface area contributed by atoms with Crippen LogP contribution in [0.1, 0.15) is 52.4 Å². The fraction of sp³-hybridized carbons (Fsp3) is 0.867. The van der Waals surface area contributed by atoms with Crippen LogP contribution in [0, 0.1) is 5.41 Å². The first-order valence-corrected chi connectivity index (χ1v) is 9.53. The Bertz CT molecular complexity index is 558. The molecule has 0 bridgehead atoms. The van der Waals surface area contributed by atoms with Crippen LogP contribution >= 0.6 is 0 Å². The highest BCUT2D eigenvalue weighted by Crippen LogP contribution is 2.38. The Hall–Kier alpha value is -1.11. The van der Waals surface area contributed by atoms with Crippen LogP contribution < -0.4 is 0 Å². The van der Waals surface area contributed by atoms with Crippen molar-refractivity contribution in [1.82, 2.24) is 4.90 Å². The third-order valence-electron chi connectivity index (χ3n) is 5.11. The van der Waals surface area contributed by atoms with Crippen molar-refractivity contribution < 1.29 is 23.1 Å². The van der Waals surface area contributed by atoms with Gasteiger partial charge in [0.1, 0.15) is 5.41 Å². The molecule has 0 radical (unpaired) electrons. The molecule has 1 N–H and O–H groups in total. The number of carboxylic acid groups (broad SMARTS) is 1. The molecule has 1 saturated carbocycles. The van der Waals surface area contributed by atoms with Gasteiger partial charge < -0.3 is 10.0 Å². The van der Waals surface area contributed by atoms with Crippen LogP contribution in [0.4, 0.5) is 0 Å². The van der Waals surface area contributed by atoms with Crippen LogP contribution in [-0.4, -0.2) is 53.9 Å². The third-order valence-corrected chi connectivity index (χ3v) is 7.64. The normalized spacial score (nSPS) is 26.9. The van der Waals surface area contributed by atoms with Crippen LogP contribution in [0.25, 0.3) is 0 Å². The molecule has 0 spiro atoms. The standard InChI is InChI=1S/C15H25NO5S/c1-14(2)11-16(9-10-22(14,20)21)12(17)15(13(18)19)7-5-3-4-6-8-15/h3-11H2,1-2H3,(H,18,19). The Morgan fingerprint density at radius 3 is 2.05 bits per heavy atom. The smallest absolute Gasteiger partial charge is 0.319 e. The van der Waals surface area contributed by atoms with Gasteiger partial charge in [-0.1, -0.05) is 25.7 Å². The fourth-order valence-electron chi connectivity index (χ4n) is 3.47. The van der Waals surface area contributed by atoms with Gasteiger partial charge in [-0.05, 0) is 26.7 Å². The Labute approximate surface area is 131 Å². The molecule has 126 valence electrons. The Kier molecular flexibility index (Phi) is 4.57. The molecule has 1 amide bonds. The number of rotatable bonds is 2. The Morgan fingerprint density at radius 2 is 1.59 bits per heavy atom. The number of aliphatic carboxylic acids is 1. The lowest BCUT2D eigenvalue weighted by atomic mass is 9.78. The van der Waals surface area contributed by atoms with E-state index in [9.17, 15) is 23.1 Å². The van der Waals surface area contributed by atoms with E-state index in [-0.39, 0.29) is 18.8 Å². The molecule has 1 aliphatic carbocycles. The zero-order valence-electron chi connectivity index (χ0n) is 13.3. The number of hydrogen-bond acceptors (Lipinski definition) is 4. The second-order valence-corrected chi connectivity index (χ2v) is 9.85. The van der Waals surface area contributed by atoms with Crippen LogP contribution in [0.3, 0.4) is 0 Å². The predicted octanol–water partition coefficient (Wildman–Crippen LogP) is 1.45. The molecule has 1 saturated heterocycles. The van der Waals surface area contributed by atoms with E-state index >= 15 is 0 Å². The average Bonchev–Trinajstić information content (AvgIpc) is 2.67. The van der Waals surface area contributed by atoms with E-state index in [4.69, 9.17) is 0 Å². The molecule has 0 atom stereocenters. The maximum atomic E-state index is 12.9. The number of amides is 1. The summed E-state index contributed by atoms with van der Waals surface area (Å²) < 4.78 is 23.1. The minimum absolute atomic E-state index is 0.0726. The largest absolute Gasteiger partial charge is 0.480 e. The highest BCUT2D eigenvalue weighted by Gasteiger charge is 2.51. The first-order valence-electron chi connectivity index (χ1n) is 7.87. The van der Waals surface area contributed by atoms with Crippen molar-refractivity contribution in [3.63, 3.8) is 0 Å². The Balaban J connectivity index is 2.27. The number of nitrogens with zero attached hydrogens (tertiary/aromatic N) is 1. The van der Waals surface area contributed by atoms with Crippen molar-refractivity contribution in [3.8, 4) is 0 Å². The molecule has 7 heteroatoms. The monoisotopic (exact) mass is 331 g/mol. The summed E-state index contributed by atoms with van der Waals surface area (Å²) in [7, 11) is -3.25. The van der Waals surface area contributed by atoms with Crippen LogP contribution in [-0.2, 0) is 19.4 Å². The van der Waals surface area contributed by atoms with E-state index in [1.807, 2.05) is 0 Å². The summed E-state index contributed by atoms with van der Waals surface area (Å²) in [5, 5.41) is 9.68. The predicted molar refractivity (Wildman–Crippen MR) is 82.2 cm³/mol. The van der Waals surface area contributed by atoms with Gasteiger partial charge in [-0.25, -0.2) is 8.42 Å². The van der Waals surface area contributed by atoms with E-state index in [0.717, 1.165) is 25.7 Å². The molecule has 6 nitrogen and oxygen atoms in total. The number of carboxylic acids is 1. The number of carbonyl (C=O) groups is 2. The highest BCUT2D eigenvalue weighted by atomic mass is 32.2. The van der Waals surface area contributed by atoms with Crippen LogP contribution in [0.2, 0.25) is 0 Å². The van der Waals surface area contributed by atoms with Crippen molar-refractivity contribution in [2.75, 3.05) is 18.8 Å². The average molecular weight is 331 g/mol. The summed E-state index contributed by atoms with van der Waals surface area (Å²) in [5.41, 5.74) is -1.37. The lowest BCUT2D eigenvalue weighted by molar-refractivity contribution is -0.162. The molecule has 0 unspecified atom stereocenters. The van der Waals surface area contributed by atoms with E-state index < -0.39 is 31.9 Å². The minimum Gasteiger partial charge on any atom is -0.480 e. The maximum absolute atomic E-state index is 12.9. The molecule has 1 aliphatic heterocycles. The van der Waals surface area contributed by atoms with Crippen molar-refractivity contribution in [1.29, 1.82) is 0 Å². The second kappa shape index (κ2) is 5.83. The zero-order valence-corrected chi connectivity index (χ0v) is 14.1. The first-order chi connectivity index (χ1) is 10.1. The van der Waals surface area contributed by atoms with Gasteiger partial charge in [0, 0.05) is 13.1 Å². The van der Waals surface area contributed by atoms with Crippen LogP contribution in [0.5, 0.6) is 0 Å². The van der Waals surface area contributed by atoms with Gasteiger partial charge in [-0.3, -0.25) is 9.59 Å². The summed E-state index contributed by atoms with van der Waals surface area (Å²) >= 11 is 0. The first kappa shape index (κ1) is 17.2. The summed E-state index contributed by atoms with van der Waals surface area (Å²) in [6, 6.07) is 0. The SMILES string of the molecule is CC1(C)CN(C(=O)C2(C(=O)O)CCCCCC2)CCS1(=O)=O. The van der Waals surface area contributed by atoms with Gasteiger partial charge in [-0.15, -0.1) is 0 Å². The van der Waals surface area contributed by atoms with Gasteiger partial charge in [0.25, 0.3) is 0 Å². The quantitative estimate of drug-likeness (QED) is 0.611. The highest BCUT2D eigenvalue weighted by molar-refractivity contribution is 7.92. The van der Waals surface area contributed by atoms with Crippen molar-refractivity contribution in [2.45, 2.75) is 57.1 Å². The fourth-order valence-corrected chi connectivity index (χ4v) is 4.84. The lowest BCUT2D eigenvalue weighted by Crippen LogP contribution is -2.59. The van der Waals surface area contributed by atoms with Crippen molar-refractivity contribution in [2.24, 2.45) is 5.41 Å². The Morgan fingerprint density at radius 1 is 1.05 bits per heavy atom. The lowest BCUT2D eigenvalue weighted by Gasteiger charge is -2.41. The van der Waals surface area contributed by atoms with Gasteiger partial charge in [0.15, 0.2) is 9.84 Å². The molecule has 2 aliphatic rings. The molecule has 2 rings (SSSR count). The molecule has 0 aromatic carbocycles. The summed E-state index contributed by atoms with van der Waals surface area (Å²) in [4.78, 5) is 26.2. The van der Waals surface area contributed by atoms with Gasteiger partial charge in [0.05, 0.1) is 10.5 Å². The van der Waals surface area contributed by atoms with E-state index in [2.05, 4.69) is 0 Å². The number of hydrogen-bond donors (Lipinski definition) is 1. The molecule has 1 heterocycles. The maximum Gasteiger partial charge on any atom is 0.319 e.